The molecule has 1 heterocycles. The molecule has 2 aromatic rings. The number of rotatable bonds is 5. The van der Waals surface area contributed by atoms with E-state index in [0.717, 1.165) is 29.7 Å². The van der Waals surface area contributed by atoms with Crippen LogP contribution in [0.3, 0.4) is 0 Å². The molecule has 3 rings (SSSR count). The monoisotopic (exact) mass is 393 g/mol. The van der Waals surface area contributed by atoms with Crippen LogP contribution >= 0.6 is 22.9 Å². The molecule has 1 atom stereocenters. The number of benzene rings is 1. The lowest BCUT2D eigenvalue weighted by Crippen LogP contribution is -2.21. The van der Waals surface area contributed by atoms with Gasteiger partial charge in [0.15, 0.2) is 6.61 Å². The molecule has 1 aromatic heterocycles. The van der Waals surface area contributed by atoms with E-state index in [1.165, 1.54) is 18.4 Å². The van der Waals surface area contributed by atoms with Crippen LogP contribution in [0.1, 0.15) is 34.1 Å². The molecule has 0 bridgehead atoms. The van der Waals surface area contributed by atoms with Crippen molar-refractivity contribution in [1.82, 2.24) is 0 Å². The zero-order valence-electron chi connectivity index (χ0n) is 14.6. The van der Waals surface area contributed by atoms with Gasteiger partial charge in [0.1, 0.15) is 10.8 Å². The summed E-state index contributed by atoms with van der Waals surface area (Å²) in [4.78, 5) is 25.7. The van der Waals surface area contributed by atoms with E-state index in [4.69, 9.17) is 21.1 Å². The van der Waals surface area contributed by atoms with Crippen LogP contribution in [0, 0.1) is 5.92 Å². The number of carbonyl (C=O) groups is 2. The van der Waals surface area contributed by atoms with E-state index in [1.807, 2.05) is 0 Å². The fourth-order valence-electron chi connectivity index (χ4n) is 3.00. The van der Waals surface area contributed by atoms with Gasteiger partial charge in [-0.05, 0) is 55.0 Å². The van der Waals surface area contributed by atoms with Crippen molar-refractivity contribution >= 4 is 39.8 Å². The van der Waals surface area contributed by atoms with Gasteiger partial charge in [0.25, 0.3) is 5.91 Å². The highest BCUT2D eigenvalue weighted by Gasteiger charge is 2.28. The first-order valence-corrected chi connectivity index (χ1v) is 9.58. The maximum atomic E-state index is 12.3. The first-order valence-electron chi connectivity index (χ1n) is 8.39. The van der Waals surface area contributed by atoms with Crippen LogP contribution in [0.5, 0.6) is 5.75 Å². The Morgan fingerprint density at radius 1 is 1.31 bits per heavy atom. The number of fused-ring (bicyclic) bond motifs is 1. The van der Waals surface area contributed by atoms with E-state index >= 15 is 0 Å². The molecule has 1 N–H and O–H groups in total. The van der Waals surface area contributed by atoms with E-state index in [2.05, 4.69) is 12.2 Å². The predicted octanol–water partition coefficient (Wildman–Crippen LogP) is 4.33. The molecule has 26 heavy (non-hydrogen) atoms. The molecule has 5 nitrogen and oxygen atoms in total. The second-order valence-electron chi connectivity index (χ2n) is 6.34. The van der Waals surface area contributed by atoms with Gasteiger partial charge in [-0.3, -0.25) is 4.79 Å². The summed E-state index contributed by atoms with van der Waals surface area (Å²) >= 11 is 7.28. The molecule has 1 amide bonds. The summed E-state index contributed by atoms with van der Waals surface area (Å²) in [6.07, 6.45) is 2.77. The third-order valence-corrected chi connectivity index (χ3v) is 5.76. The Kier molecular flexibility index (Phi) is 5.84. The van der Waals surface area contributed by atoms with Crippen LogP contribution in [-0.2, 0) is 22.4 Å². The Hall–Kier alpha value is -2.05. The minimum Gasteiger partial charge on any atom is -0.484 e. The molecule has 0 fully saturated rings. The maximum Gasteiger partial charge on any atom is 0.341 e. The van der Waals surface area contributed by atoms with Crippen LogP contribution in [0.15, 0.2) is 24.3 Å². The summed E-state index contributed by atoms with van der Waals surface area (Å²) in [7, 11) is 1.35. The minimum atomic E-state index is -0.411. The standard InChI is InChI=1S/C19H20ClNO4S/c1-11-3-8-14-15(9-11)26-18(17(14)19(23)24-2)21-16(22)10-25-13-6-4-12(20)5-7-13/h4-7,11H,3,8-10H2,1-2H3,(H,21,22)/t11-/m1/s1. The number of nitrogens with one attached hydrogen (secondary N) is 1. The van der Waals surface area contributed by atoms with E-state index in [0.29, 0.717) is 27.3 Å². The fourth-order valence-corrected chi connectivity index (χ4v) is 4.54. The Balaban J connectivity index is 1.73. The summed E-state index contributed by atoms with van der Waals surface area (Å²) in [5.74, 6) is 0.392. The molecule has 1 aromatic carbocycles. The van der Waals surface area contributed by atoms with Crippen molar-refractivity contribution in [2.75, 3.05) is 19.0 Å². The Bertz CT molecular complexity index is 816. The molecule has 0 spiro atoms. The lowest BCUT2D eigenvalue weighted by Gasteiger charge is -2.18. The van der Waals surface area contributed by atoms with Gasteiger partial charge in [-0.2, -0.15) is 0 Å². The van der Waals surface area contributed by atoms with Crippen molar-refractivity contribution in [3.8, 4) is 5.75 Å². The SMILES string of the molecule is COC(=O)c1c(NC(=O)COc2ccc(Cl)cc2)sc2c1CC[C@@H](C)C2. The first-order chi connectivity index (χ1) is 12.5. The molecule has 0 saturated carbocycles. The third kappa shape index (κ3) is 4.19. The van der Waals surface area contributed by atoms with E-state index in [1.54, 1.807) is 24.3 Å². The maximum absolute atomic E-state index is 12.3. The van der Waals surface area contributed by atoms with Crippen LogP contribution in [0.4, 0.5) is 5.00 Å². The fraction of sp³-hybridized carbons (Fsp3) is 0.368. The second-order valence-corrected chi connectivity index (χ2v) is 7.88. The normalized spacial score (nSPS) is 15.9. The molecule has 0 unspecified atom stereocenters. The lowest BCUT2D eigenvalue weighted by atomic mass is 9.88. The Labute approximate surface area is 161 Å². The number of methoxy groups -OCH3 is 1. The molecule has 0 saturated heterocycles. The molecule has 7 heteroatoms. The first kappa shape index (κ1) is 18.7. The van der Waals surface area contributed by atoms with Crippen molar-refractivity contribution in [3.05, 3.63) is 45.3 Å². The summed E-state index contributed by atoms with van der Waals surface area (Å²) < 4.78 is 10.4. The van der Waals surface area contributed by atoms with E-state index in [9.17, 15) is 9.59 Å². The highest BCUT2D eigenvalue weighted by Crippen LogP contribution is 2.40. The number of halogens is 1. The van der Waals surface area contributed by atoms with Gasteiger partial charge in [-0.15, -0.1) is 11.3 Å². The molecular weight excluding hydrogens is 374 g/mol. The topological polar surface area (TPSA) is 64.6 Å². The quantitative estimate of drug-likeness (QED) is 0.768. The average Bonchev–Trinajstić information content (AvgIpc) is 2.97. The number of hydrogen-bond donors (Lipinski definition) is 1. The Morgan fingerprint density at radius 2 is 2.04 bits per heavy atom. The van der Waals surface area contributed by atoms with E-state index < -0.39 is 5.97 Å². The zero-order chi connectivity index (χ0) is 18.7. The predicted molar refractivity (Wildman–Crippen MR) is 102 cm³/mol. The van der Waals surface area contributed by atoms with Crippen LogP contribution in [-0.4, -0.2) is 25.6 Å². The summed E-state index contributed by atoms with van der Waals surface area (Å²) in [5, 5.41) is 3.95. The molecular formula is C19H20ClNO4S. The van der Waals surface area contributed by atoms with Crippen molar-refractivity contribution in [2.24, 2.45) is 5.92 Å². The van der Waals surface area contributed by atoms with Crippen LogP contribution in [0.25, 0.3) is 0 Å². The number of esters is 1. The number of ether oxygens (including phenoxy) is 2. The highest BCUT2D eigenvalue weighted by molar-refractivity contribution is 7.17. The third-order valence-electron chi connectivity index (χ3n) is 4.34. The van der Waals surface area contributed by atoms with Crippen LogP contribution < -0.4 is 10.1 Å². The molecule has 1 aliphatic rings. The van der Waals surface area contributed by atoms with Gasteiger partial charge < -0.3 is 14.8 Å². The average molecular weight is 394 g/mol. The van der Waals surface area contributed by atoms with Crippen molar-refractivity contribution < 1.29 is 19.1 Å². The van der Waals surface area contributed by atoms with Gasteiger partial charge in [0.2, 0.25) is 0 Å². The van der Waals surface area contributed by atoms with Gasteiger partial charge >= 0.3 is 5.97 Å². The highest BCUT2D eigenvalue weighted by atomic mass is 35.5. The number of hydrogen-bond acceptors (Lipinski definition) is 5. The molecule has 138 valence electrons. The number of thiophene rings is 1. The van der Waals surface area contributed by atoms with Gasteiger partial charge in [-0.1, -0.05) is 18.5 Å². The number of amides is 1. The van der Waals surface area contributed by atoms with Crippen molar-refractivity contribution in [1.29, 1.82) is 0 Å². The Morgan fingerprint density at radius 3 is 2.73 bits per heavy atom. The van der Waals surface area contributed by atoms with Gasteiger partial charge in [0.05, 0.1) is 12.7 Å². The van der Waals surface area contributed by atoms with Crippen LogP contribution in [0.2, 0.25) is 5.02 Å². The van der Waals surface area contributed by atoms with Gasteiger partial charge in [-0.25, -0.2) is 4.79 Å². The zero-order valence-corrected chi connectivity index (χ0v) is 16.2. The molecule has 1 aliphatic carbocycles. The number of anilines is 1. The number of carbonyl (C=O) groups excluding carboxylic acids is 2. The molecule has 0 aliphatic heterocycles. The summed E-state index contributed by atoms with van der Waals surface area (Å²) in [6, 6.07) is 6.78. The molecule has 0 radical (unpaired) electrons. The van der Waals surface area contributed by atoms with Crippen molar-refractivity contribution in [2.45, 2.75) is 26.2 Å². The lowest BCUT2D eigenvalue weighted by molar-refractivity contribution is -0.118. The van der Waals surface area contributed by atoms with E-state index in [-0.39, 0.29) is 12.5 Å². The summed E-state index contributed by atoms with van der Waals surface area (Å²) in [6.45, 7) is 2.04. The van der Waals surface area contributed by atoms with Gasteiger partial charge in [0, 0.05) is 9.90 Å². The smallest absolute Gasteiger partial charge is 0.341 e. The minimum absolute atomic E-state index is 0.152. The summed E-state index contributed by atoms with van der Waals surface area (Å²) in [5.41, 5.74) is 1.49. The largest absolute Gasteiger partial charge is 0.484 e. The second kappa shape index (κ2) is 8.10. The van der Waals surface area contributed by atoms with Crippen molar-refractivity contribution in [3.63, 3.8) is 0 Å².